The summed E-state index contributed by atoms with van der Waals surface area (Å²) in [5.41, 5.74) is 0.662. The number of phenolic OH excluding ortho intramolecular Hbond substituents is 1. The number of hydrogen-bond donors (Lipinski definition) is 2. The Labute approximate surface area is 149 Å². The topological polar surface area (TPSA) is 84.4 Å². The Hall–Kier alpha value is -2.25. The van der Waals surface area contributed by atoms with Crippen LogP contribution in [0, 0.1) is 0 Å². The highest BCUT2D eigenvalue weighted by Gasteiger charge is 2.25. The van der Waals surface area contributed by atoms with Crippen molar-refractivity contribution >= 4 is 28.7 Å². The van der Waals surface area contributed by atoms with Crippen molar-refractivity contribution in [3.8, 4) is 5.75 Å². The highest BCUT2D eigenvalue weighted by atomic mass is 35.5. The van der Waals surface area contributed by atoms with Gasteiger partial charge in [-0.25, -0.2) is 9.59 Å². The summed E-state index contributed by atoms with van der Waals surface area (Å²) in [6.07, 6.45) is -0.283. The Morgan fingerprint density at radius 2 is 2.08 bits per heavy atom. The molecule has 2 heterocycles. The number of amides is 1. The molecule has 2 aromatic rings. The molecule has 25 heavy (non-hydrogen) atoms. The summed E-state index contributed by atoms with van der Waals surface area (Å²) in [4.78, 5) is 26.5. The van der Waals surface area contributed by atoms with E-state index in [4.69, 9.17) is 20.8 Å². The van der Waals surface area contributed by atoms with Crippen LogP contribution in [0.4, 0.5) is 4.79 Å². The summed E-state index contributed by atoms with van der Waals surface area (Å²) in [7, 11) is 0. The summed E-state index contributed by atoms with van der Waals surface area (Å²) >= 11 is 5.99. The number of ether oxygens (including phenoxy) is 1. The molecule has 7 nitrogen and oxygen atoms in total. The molecular weight excluding hydrogens is 348 g/mol. The van der Waals surface area contributed by atoms with Crippen molar-refractivity contribution in [3.63, 3.8) is 0 Å². The Kier molecular flexibility index (Phi) is 5.15. The molecule has 1 aromatic heterocycles. The summed E-state index contributed by atoms with van der Waals surface area (Å²) in [6.45, 7) is 5.49. The molecule has 1 amide bonds. The van der Waals surface area contributed by atoms with Crippen LogP contribution in [0.1, 0.15) is 12.5 Å². The normalized spacial score (nSPS) is 15.5. The van der Waals surface area contributed by atoms with Crippen molar-refractivity contribution < 1.29 is 24.0 Å². The van der Waals surface area contributed by atoms with Crippen molar-refractivity contribution in [1.82, 2.24) is 4.90 Å². The van der Waals surface area contributed by atoms with Crippen LogP contribution >= 0.6 is 11.6 Å². The Bertz CT molecular complexity index is 843. The maximum Gasteiger partial charge on any atom is 0.410 e. The van der Waals surface area contributed by atoms with Gasteiger partial charge >= 0.3 is 11.7 Å². The summed E-state index contributed by atoms with van der Waals surface area (Å²) in [5.74, 6) is -0.120. The van der Waals surface area contributed by atoms with Crippen molar-refractivity contribution in [1.29, 1.82) is 0 Å². The van der Waals surface area contributed by atoms with Gasteiger partial charge in [0.1, 0.15) is 17.9 Å². The lowest BCUT2D eigenvalue weighted by atomic mass is 10.1. The molecule has 0 aliphatic carbocycles. The average Bonchev–Trinajstić information content (AvgIpc) is 2.57. The summed E-state index contributed by atoms with van der Waals surface area (Å²) in [5, 5.41) is 10.6. The molecule has 1 aliphatic heterocycles. The standard InChI is InChI=1S/C17H19ClN2O5/c1-2-24-17(23)20-5-3-19(4-6-20)10-11-7-16(22)25-15-9-14(21)13(18)8-12(11)15/h7-9,21H,2-6,10H2,1H3/p+1. The molecule has 1 aliphatic rings. The minimum absolute atomic E-state index is 0.120. The molecule has 8 heteroatoms. The van der Waals surface area contributed by atoms with E-state index >= 15 is 0 Å². The number of phenols is 1. The van der Waals surface area contributed by atoms with Gasteiger partial charge in [-0.05, 0) is 13.0 Å². The Morgan fingerprint density at radius 1 is 1.36 bits per heavy atom. The van der Waals surface area contributed by atoms with Gasteiger partial charge in [0, 0.05) is 23.1 Å². The molecule has 0 unspecified atom stereocenters. The van der Waals surface area contributed by atoms with Gasteiger partial charge in [-0.2, -0.15) is 0 Å². The summed E-state index contributed by atoms with van der Waals surface area (Å²) < 4.78 is 10.2. The van der Waals surface area contributed by atoms with Gasteiger partial charge in [0.15, 0.2) is 0 Å². The molecule has 1 aromatic carbocycles. The molecule has 3 rings (SSSR count). The zero-order chi connectivity index (χ0) is 18.0. The van der Waals surface area contributed by atoms with Gasteiger partial charge in [0.25, 0.3) is 0 Å². The maximum absolute atomic E-state index is 11.8. The molecule has 0 atom stereocenters. The van der Waals surface area contributed by atoms with Crippen LogP contribution in [-0.4, -0.2) is 48.9 Å². The van der Waals surface area contributed by atoms with Crippen molar-refractivity contribution in [2.45, 2.75) is 13.5 Å². The predicted molar refractivity (Wildman–Crippen MR) is 92.2 cm³/mol. The first-order chi connectivity index (χ1) is 12.0. The number of halogens is 1. The average molecular weight is 368 g/mol. The fourth-order valence-corrected chi connectivity index (χ4v) is 3.21. The van der Waals surface area contributed by atoms with Gasteiger partial charge in [-0.15, -0.1) is 0 Å². The van der Waals surface area contributed by atoms with E-state index < -0.39 is 5.63 Å². The fraction of sp³-hybridized carbons (Fsp3) is 0.412. The fourth-order valence-electron chi connectivity index (χ4n) is 3.05. The van der Waals surface area contributed by atoms with Gasteiger partial charge < -0.3 is 19.2 Å². The SMILES string of the molecule is CCOC(=O)N1CC[NH+](Cc2cc(=O)oc3cc(O)c(Cl)cc23)CC1. The molecule has 0 spiro atoms. The Morgan fingerprint density at radius 3 is 2.76 bits per heavy atom. The monoisotopic (exact) mass is 367 g/mol. The smallest absolute Gasteiger partial charge is 0.410 e. The van der Waals surface area contributed by atoms with Crippen LogP contribution in [0.15, 0.2) is 27.4 Å². The van der Waals surface area contributed by atoms with Crippen LogP contribution in [0.2, 0.25) is 5.02 Å². The first-order valence-corrected chi connectivity index (χ1v) is 8.56. The largest absolute Gasteiger partial charge is 0.506 e. The number of nitrogens with zero attached hydrogens (tertiary/aromatic N) is 1. The second-order valence-electron chi connectivity index (χ2n) is 6.00. The van der Waals surface area contributed by atoms with E-state index in [9.17, 15) is 14.7 Å². The van der Waals surface area contributed by atoms with Gasteiger partial charge in [-0.1, -0.05) is 11.6 Å². The third-order valence-corrected chi connectivity index (χ3v) is 4.64. The van der Waals surface area contributed by atoms with E-state index in [0.717, 1.165) is 18.7 Å². The van der Waals surface area contributed by atoms with E-state index in [2.05, 4.69) is 0 Å². The number of quaternary nitrogens is 1. The van der Waals surface area contributed by atoms with E-state index in [-0.39, 0.29) is 16.9 Å². The molecule has 1 saturated heterocycles. The number of carbonyl (C=O) groups excluding carboxylic acids is 1. The van der Waals surface area contributed by atoms with Gasteiger partial charge in [-0.3, -0.25) is 4.90 Å². The zero-order valence-electron chi connectivity index (χ0n) is 13.9. The number of piperazine rings is 1. The molecule has 134 valence electrons. The van der Waals surface area contributed by atoms with Crippen molar-refractivity contribution in [2.75, 3.05) is 32.8 Å². The first kappa shape index (κ1) is 17.6. The van der Waals surface area contributed by atoms with Crippen LogP contribution in [0.5, 0.6) is 5.75 Å². The van der Waals surface area contributed by atoms with Gasteiger partial charge in [0.2, 0.25) is 0 Å². The number of aromatic hydroxyl groups is 1. The molecule has 0 saturated carbocycles. The number of fused-ring (bicyclic) bond motifs is 1. The number of rotatable bonds is 3. The zero-order valence-corrected chi connectivity index (χ0v) is 14.6. The van der Waals surface area contributed by atoms with Crippen molar-refractivity contribution in [3.05, 3.63) is 39.2 Å². The molecular formula is C17H20ClN2O5+. The van der Waals surface area contributed by atoms with E-state index in [1.165, 1.54) is 17.0 Å². The Balaban J connectivity index is 1.77. The molecule has 2 N–H and O–H groups in total. The molecule has 1 fully saturated rings. The highest BCUT2D eigenvalue weighted by molar-refractivity contribution is 6.32. The lowest BCUT2D eigenvalue weighted by molar-refractivity contribution is -0.917. The lowest BCUT2D eigenvalue weighted by Crippen LogP contribution is -3.13. The lowest BCUT2D eigenvalue weighted by Gasteiger charge is -2.31. The van der Waals surface area contributed by atoms with E-state index in [1.54, 1.807) is 17.9 Å². The van der Waals surface area contributed by atoms with Crippen LogP contribution < -0.4 is 10.5 Å². The number of nitrogens with one attached hydrogen (secondary N) is 1. The number of benzene rings is 1. The van der Waals surface area contributed by atoms with E-state index in [1.807, 2.05) is 0 Å². The van der Waals surface area contributed by atoms with Crippen LogP contribution in [-0.2, 0) is 11.3 Å². The first-order valence-electron chi connectivity index (χ1n) is 8.18. The molecule has 0 radical (unpaired) electrons. The minimum atomic E-state index is -0.464. The number of hydrogen-bond acceptors (Lipinski definition) is 5. The predicted octanol–water partition coefficient (Wildman–Crippen LogP) is 1.01. The second-order valence-corrected chi connectivity index (χ2v) is 6.41. The van der Waals surface area contributed by atoms with Crippen molar-refractivity contribution in [2.24, 2.45) is 0 Å². The quantitative estimate of drug-likeness (QED) is 0.791. The van der Waals surface area contributed by atoms with Gasteiger partial charge in [0.05, 0.1) is 37.8 Å². The minimum Gasteiger partial charge on any atom is -0.506 e. The summed E-state index contributed by atoms with van der Waals surface area (Å²) in [6, 6.07) is 4.43. The van der Waals surface area contributed by atoms with Crippen LogP contribution in [0.3, 0.4) is 0 Å². The van der Waals surface area contributed by atoms with Crippen LogP contribution in [0.25, 0.3) is 11.0 Å². The highest BCUT2D eigenvalue weighted by Crippen LogP contribution is 2.29. The van der Waals surface area contributed by atoms with E-state index in [0.29, 0.717) is 37.2 Å². The third-order valence-electron chi connectivity index (χ3n) is 4.33. The third kappa shape index (κ3) is 3.88. The maximum atomic E-state index is 11.8. The second kappa shape index (κ2) is 7.33. The number of carbonyl (C=O) groups is 1. The molecule has 0 bridgehead atoms.